The third-order valence-corrected chi connectivity index (χ3v) is 9.82. The maximum Gasteiger partial charge on any atom is 0.410 e. The average molecular weight is 641 g/mol. The molecule has 3 aliphatic heterocycles. The van der Waals surface area contributed by atoms with E-state index in [4.69, 9.17) is 29.5 Å². The molecule has 2 fully saturated rings. The summed E-state index contributed by atoms with van der Waals surface area (Å²) in [7, 11) is 0. The molecule has 6 heterocycles. The molecule has 0 N–H and O–H groups in total. The van der Waals surface area contributed by atoms with Crippen LogP contribution in [0.25, 0.3) is 27.6 Å². The van der Waals surface area contributed by atoms with Gasteiger partial charge in [0, 0.05) is 51.1 Å². The summed E-state index contributed by atoms with van der Waals surface area (Å²) in [5.41, 5.74) is 4.30. The van der Waals surface area contributed by atoms with E-state index in [9.17, 15) is 4.79 Å². The lowest BCUT2D eigenvalue weighted by molar-refractivity contribution is -0.0305. The predicted molar refractivity (Wildman–Crippen MR) is 178 cm³/mol. The first-order chi connectivity index (χ1) is 22.2. The number of fused-ring (bicyclic) bond motifs is 1. The van der Waals surface area contributed by atoms with Crippen molar-refractivity contribution in [1.29, 1.82) is 0 Å². The van der Waals surface area contributed by atoms with Gasteiger partial charge < -0.3 is 14.4 Å². The standard InChI is InChI=1S/C34H40N8O3S/c1-23-29(42-21-24(13-14-27(42)37-23)20-40-15-17-41(18-16-40)32(43)45-33(2,3)4)31-38-28(25-10-6-5-7-11-25)30(46-31)34(35-22-36-39-34)26-12-8-9-19-44-26/h5-7,10-11,13-14,21-22,26H,8-9,12,15-20H2,1-4H3. The SMILES string of the molecule is Cc1nc2ccc(CN3CCN(C(=O)OC(C)(C)C)CC3)cn2c1-c1nc(-c2ccccc2)c(C2(C3CCCCO3)N=CN=N2)s1. The van der Waals surface area contributed by atoms with Gasteiger partial charge in [-0.25, -0.2) is 19.8 Å². The molecule has 11 nitrogen and oxygen atoms in total. The molecule has 0 spiro atoms. The maximum absolute atomic E-state index is 12.6. The van der Waals surface area contributed by atoms with Crippen molar-refractivity contribution in [2.45, 2.75) is 70.9 Å². The van der Waals surface area contributed by atoms with Gasteiger partial charge in [-0.1, -0.05) is 36.4 Å². The fraction of sp³-hybridized carbons (Fsp3) is 0.471. The molecule has 1 aromatic carbocycles. The summed E-state index contributed by atoms with van der Waals surface area (Å²) in [5.74, 6) is 0. The number of aromatic nitrogens is 3. The van der Waals surface area contributed by atoms with Crippen LogP contribution in [-0.4, -0.2) is 81.1 Å². The largest absolute Gasteiger partial charge is 0.444 e. The Hall–Kier alpha value is -4.00. The molecular weight excluding hydrogens is 600 g/mol. The quantitative estimate of drug-likeness (QED) is 0.232. The lowest BCUT2D eigenvalue weighted by Crippen LogP contribution is -2.49. The highest BCUT2D eigenvalue weighted by Crippen LogP contribution is 2.48. The molecular formula is C34H40N8O3S. The second kappa shape index (κ2) is 12.3. The number of aryl methyl sites for hydroxylation is 1. The molecule has 3 aromatic heterocycles. The Morgan fingerprint density at radius 2 is 1.87 bits per heavy atom. The van der Waals surface area contributed by atoms with E-state index in [0.717, 1.165) is 82.6 Å². The van der Waals surface area contributed by atoms with Crippen LogP contribution < -0.4 is 0 Å². The Labute approximate surface area is 273 Å². The van der Waals surface area contributed by atoms with E-state index in [1.54, 1.807) is 22.6 Å². The van der Waals surface area contributed by atoms with Crippen molar-refractivity contribution in [2.75, 3.05) is 32.8 Å². The van der Waals surface area contributed by atoms with Crippen LogP contribution in [0.3, 0.4) is 0 Å². The topological polar surface area (TPSA) is 109 Å². The van der Waals surface area contributed by atoms with Gasteiger partial charge >= 0.3 is 6.09 Å². The van der Waals surface area contributed by atoms with Gasteiger partial charge in [0.2, 0.25) is 5.66 Å². The second-order valence-electron chi connectivity index (χ2n) is 13.2. The number of pyridine rings is 1. The highest BCUT2D eigenvalue weighted by Gasteiger charge is 2.48. The van der Waals surface area contributed by atoms with E-state index in [-0.39, 0.29) is 12.2 Å². The van der Waals surface area contributed by atoms with E-state index in [1.165, 1.54) is 0 Å². The van der Waals surface area contributed by atoms with Crippen molar-refractivity contribution in [3.05, 3.63) is 64.8 Å². The number of rotatable bonds is 6. The molecule has 7 rings (SSSR count). The average Bonchev–Trinajstić information content (AvgIpc) is 3.79. The zero-order valence-electron chi connectivity index (χ0n) is 26.8. The van der Waals surface area contributed by atoms with Crippen LogP contribution in [0.4, 0.5) is 4.79 Å². The fourth-order valence-corrected chi connectivity index (χ4v) is 7.71. The zero-order chi connectivity index (χ0) is 31.9. The molecule has 0 bridgehead atoms. The molecule has 0 radical (unpaired) electrons. The minimum Gasteiger partial charge on any atom is -0.444 e. The van der Waals surface area contributed by atoms with Crippen LogP contribution >= 0.6 is 11.3 Å². The lowest BCUT2D eigenvalue weighted by atomic mass is 9.93. The number of thiazole rings is 1. The molecule has 2 unspecified atom stereocenters. The summed E-state index contributed by atoms with van der Waals surface area (Å²) < 4.78 is 14.0. The number of amides is 1. The van der Waals surface area contributed by atoms with Gasteiger partial charge in [-0.05, 0) is 58.6 Å². The van der Waals surface area contributed by atoms with Gasteiger partial charge in [0.15, 0.2) is 0 Å². The number of azo groups is 1. The number of benzene rings is 1. The van der Waals surface area contributed by atoms with Crippen LogP contribution in [0, 0.1) is 6.92 Å². The van der Waals surface area contributed by atoms with E-state index >= 15 is 0 Å². The molecule has 0 saturated carbocycles. The number of ether oxygens (including phenoxy) is 2. The van der Waals surface area contributed by atoms with Crippen LogP contribution in [0.1, 0.15) is 56.2 Å². The van der Waals surface area contributed by atoms with E-state index < -0.39 is 11.3 Å². The zero-order valence-corrected chi connectivity index (χ0v) is 27.7. The molecule has 2 saturated heterocycles. The summed E-state index contributed by atoms with van der Waals surface area (Å²) in [6.45, 7) is 12.0. The Balaban J connectivity index is 1.21. The third-order valence-electron chi connectivity index (χ3n) is 8.64. The van der Waals surface area contributed by atoms with Crippen molar-refractivity contribution >= 4 is 29.4 Å². The van der Waals surface area contributed by atoms with E-state index in [2.05, 4.69) is 44.9 Å². The Bertz CT molecular complexity index is 1760. The maximum atomic E-state index is 12.6. The molecule has 0 aliphatic carbocycles. The molecule has 1 amide bonds. The molecule has 12 heteroatoms. The van der Waals surface area contributed by atoms with Crippen molar-refractivity contribution in [3.8, 4) is 22.0 Å². The van der Waals surface area contributed by atoms with Crippen LogP contribution in [0.15, 0.2) is 63.9 Å². The lowest BCUT2D eigenvalue weighted by Gasteiger charge is -2.35. The first kappa shape index (κ1) is 30.6. The first-order valence-corrected chi connectivity index (χ1v) is 16.8. The van der Waals surface area contributed by atoms with Crippen molar-refractivity contribution < 1.29 is 14.3 Å². The number of piperazine rings is 1. The Morgan fingerprint density at radius 1 is 1.07 bits per heavy atom. The summed E-state index contributed by atoms with van der Waals surface area (Å²) in [5, 5.41) is 9.82. The van der Waals surface area contributed by atoms with Gasteiger partial charge in [0.25, 0.3) is 0 Å². The number of carbonyl (C=O) groups is 1. The fourth-order valence-electron chi connectivity index (χ4n) is 6.40. The molecule has 3 aliphatic rings. The van der Waals surface area contributed by atoms with Crippen LogP contribution in [0.2, 0.25) is 0 Å². The van der Waals surface area contributed by atoms with Gasteiger partial charge in [-0.15, -0.1) is 21.6 Å². The van der Waals surface area contributed by atoms with Crippen molar-refractivity contribution in [3.63, 3.8) is 0 Å². The summed E-state index contributed by atoms with van der Waals surface area (Å²) in [6.07, 6.45) is 6.23. The highest BCUT2D eigenvalue weighted by atomic mass is 32.1. The van der Waals surface area contributed by atoms with Crippen molar-refractivity contribution in [2.24, 2.45) is 15.2 Å². The molecule has 46 heavy (non-hydrogen) atoms. The molecule has 4 aromatic rings. The molecule has 240 valence electrons. The smallest absolute Gasteiger partial charge is 0.410 e. The third kappa shape index (κ3) is 5.96. The monoisotopic (exact) mass is 640 g/mol. The van der Waals surface area contributed by atoms with Gasteiger partial charge in [-0.2, -0.15) is 0 Å². The first-order valence-electron chi connectivity index (χ1n) is 16.0. The number of nitrogens with zero attached hydrogens (tertiary/aromatic N) is 8. The van der Waals surface area contributed by atoms with Crippen LogP contribution in [0.5, 0.6) is 0 Å². The van der Waals surface area contributed by atoms with Crippen molar-refractivity contribution in [1.82, 2.24) is 24.2 Å². The number of aliphatic imine (C=N–C) groups is 1. The highest BCUT2D eigenvalue weighted by molar-refractivity contribution is 7.15. The van der Waals surface area contributed by atoms with Crippen LogP contribution in [-0.2, 0) is 21.7 Å². The van der Waals surface area contributed by atoms with Gasteiger partial charge in [0.05, 0.1) is 16.3 Å². The summed E-state index contributed by atoms with van der Waals surface area (Å²) in [6, 6.07) is 14.4. The van der Waals surface area contributed by atoms with Gasteiger partial charge in [-0.3, -0.25) is 9.30 Å². The summed E-state index contributed by atoms with van der Waals surface area (Å²) >= 11 is 1.60. The number of hydrogen-bond donors (Lipinski definition) is 0. The number of hydrogen-bond acceptors (Lipinski definition) is 10. The van der Waals surface area contributed by atoms with Gasteiger partial charge in [0.1, 0.15) is 34.4 Å². The molecule has 2 atom stereocenters. The van der Waals surface area contributed by atoms with E-state index in [0.29, 0.717) is 19.7 Å². The minimum atomic E-state index is -0.956. The normalized spacial score (nSPS) is 22.2. The Morgan fingerprint density at radius 3 is 2.57 bits per heavy atom. The number of imidazole rings is 1. The number of carbonyl (C=O) groups excluding carboxylic acids is 1. The summed E-state index contributed by atoms with van der Waals surface area (Å²) in [4.78, 5) is 32.7. The second-order valence-corrected chi connectivity index (χ2v) is 14.2. The van der Waals surface area contributed by atoms with E-state index in [1.807, 2.05) is 45.9 Å². The predicted octanol–water partition coefficient (Wildman–Crippen LogP) is 6.70. The Kier molecular flexibility index (Phi) is 8.20. The minimum absolute atomic E-state index is 0.204.